The van der Waals surface area contributed by atoms with Gasteiger partial charge in [0.1, 0.15) is 6.23 Å². The van der Waals surface area contributed by atoms with Crippen LogP contribution in [0.25, 0.3) is 10.9 Å². The number of aromatic nitrogens is 2. The molecule has 1 saturated heterocycles. The van der Waals surface area contributed by atoms with Crippen LogP contribution in [-0.2, 0) is 13.6 Å². The highest BCUT2D eigenvalue weighted by Gasteiger charge is 2.23. The van der Waals surface area contributed by atoms with E-state index in [2.05, 4.69) is 58.9 Å². The second kappa shape index (κ2) is 12.5. The Morgan fingerprint density at radius 2 is 1.97 bits per heavy atom. The zero-order chi connectivity index (χ0) is 26.4. The number of para-hydroxylation sites is 1. The third kappa shape index (κ3) is 6.66. The fourth-order valence-corrected chi connectivity index (χ4v) is 5.47. The normalized spacial score (nSPS) is 19.9. The first-order valence-electron chi connectivity index (χ1n) is 13.5. The van der Waals surface area contributed by atoms with Crippen LogP contribution in [-0.4, -0.2) is 62.6 Å². The third-order valence-electron chi connectivity index (χ3n) is 7.77. The average molecular weight is 505 g/mol. The lowest BCUT2D eigenvalue weighted by atomic mass is 9.95. The summed E-state index contributed by atoms with van der Waals surface area (Å²) < 4.78 is 2.26. The van der Waals surface area contributed by atoms with Crippen LogP contribution in [0.5, 0.6) is 0 Å². The van der Waals surface area contributed by atoms with Crippen molar-refractivity contribution < 1.29 is 6.53 Å². The number of rotatable bonds is 6. The first kappa shape index (κ1) is 27.0. The van der Waals surface area contributed by atoms with E-state index >= 15 is 0 Å². The van der Waals surface area contributed by atoms with Gasteiger partial charge in [0, 0.05) is 87.4 Å². The number of benzene rings is 1. The van der Waals surface area contributed by atoms with Gasteiger partial charge in [0.15, 0.2) is 0 Å². The minimum atomic E-state index is -0.515. The molecule has 0 spiro atoms. The minimum absolute atomic E-state index is 0. The first-order valence-corrected chi connectivity index (χ1v) is 13.5. The number of aryl methyl sites for hydroxylation is 1. The molecule has 7 heteroatoms. The maximum Gasteiger partial charge on any atom is 0.104 e. The second-order valence-corrected chi connectivity index (χ2v) is 10.4. The van der Waals surface area contributed by atoms with Crippen molar-refractivity contribution in [3.8, 4) is 0 Å². The van der Waals surface area contributed by atoms with Crippen molar-refractivity contribution in [2.75, 3.05) is 26.2 Å². The molecule has 2 aromatic heterocycles. The van der Waals surface area contributed by atoms with Gasteiger partial charge in [-0.3, -0.25) is 20.2 Å². The van der Waals surface area contributed by atoms with Gasteiger partial charge in [-0.25, -0.2) is 0 Å². The van der Waals surface area contributed by atoms with Crippen LogP contribution in [0.4, 0.5) is 0 Å². The topological polar surface area (TPSA) is 94.4 Å². The quantitative estimate of drug-likeness (QED) is 0.421. The summed E-state index contributed by atoms with van der Waals surface area (Å²) >= 11 is 0. The largest absolute Gasteiger partial charge is 0.402 e. The van der Waals surface area contributed by atoms with Crippen LogP contribution in [0.15, 0.2) is 66.3 Å². The smallest absolute Gasteiger partial charge is 0.104 e. The molecule has 4 N–H and O–H groups in total. The molecule has 0 amide bonds. The maximum absolute atomic E-state index is 9.62. The molecule has 3 aromatic rings. The van der Waals surface area contributed by atoms with Crippen LogP contribution >= 0.6 is 0 Å². The highest BCUT2D eigenvalue weighted by Crippen LogP contribution is 2.25. The van der Waals surface area contributed by atoms with E-state index in [1.165, 1.54) is 48.8 Å². The van der Waals surface area contributed by atoms with Gasteiger partial charge in [0.05, 0.1) is 5.71 Å². The summed E-state index contributed by atoms with van der Waals surface area (Å²) in [6, 6.07) is 12.3. The molecule has 0 bridgehead atoms. The Kier molecular flexibility index (Phi) is 9.14. The Hall–Kier alpha value is -3.00. The van der Waals surface area contributed by atoms with Crippen molar-refractivity contribution in [3.05, 3.63) is 77.4 Å². The summed E-state index contributed by atoms with van der Waals surface area (Å²) in [4.78, 5) is 8.48. The Labute approximate surface area is 222 Å². The van der Waals surface area contributed by atoms with Crippen LogP contribution in [0.3, 0.4) is 0 Å². The molecule has 7 nitrogen and oxygen atoms in total. The molecule has 1 aromatic carbocycles. The van der Waals surface area contributed by atoms with Crippen molar-refractivity contribution in [2.45, 2.75) is 52.3 Å². The van der Waals surface area contributed by atoms with E-state index in [1.54, 1.807) is 31.5 Å². The highest BCUT2D eigenvalue weighted by atomic mass is 16.3. The molecule has 2 atom stereocenters. The molecule has 5 rings (SSSR count). The van der Waals surface area contributed by atoms with E-state index in [9.17, 15) is 5.11 Å². The zero-order valence-corrected chi connectivity index (χ0v) is 22.5. The van der Waals surface area contributed by atoms with Gasteiger partial charge in [-0.2, -0.15) is 0 Å². The number of likely N-dealkylation sites (tertiary alicyclic amines) is 1. The van der Waals surface area contributed by atoms with Crippen LogP contribution in [0, 0.1) is 11.3 Å². The molecule has 0 aliphatic carbocycles. The number of nitrogens with two attached hydrogens (primary N) is 1. The number of hydrogen-bond donors (Lipinski definition) is 3. The van der Waals surface area contributed by atoms with Gasteiger partial charge in [0.25, 0.3) is 0 Å². The fourth-order valence-electron chi connectivity index (χ4n) is 5.47. The van der Waals surface area contributed by atoms with Crippen LogP contribution in [0.2, 0.25) is 0 Å². The van der Waals surface area contributed by atoms with Gasteiger partial charge in [-0.05, 0) is 56.0 Å². The molecule has 2 aliphatic heterocycles. The first-order chi connectivity index (χ1) is 17.9. The van der Waals surface area contributed by atoms with E-state index < -0.39 is 6.23 Å². The van der Waals surface area contributed by atoms with Crippen molar-refractivity contribution in [1.82, 2.24) is 19.4 Å². The lowest BCUT2D eigenvalue weighted by Crippen LogP contribution is -2.41. The average Bonchev–Trinajstić information content (AvgIpc) is 3.24. The summed E-state index contributed by atoms with van der Waals surface area (Å²) in [5.41, 5.74) is 11.6. The van der Waals surface area contributed by atoms with Gasteiger partial charge >= 0.3 is 0 Å². The molecule has 37 heavy (non-hydrogen) atoms. The standard InChI is InChI=1S/C17H24N2.C13H18N4O.H2/c1-3-14-7-6-10-19(11-14)13-15-12-18(2)17-9-5-4-8-16(15)17;1-9(18)17-7-4-12(14)11(8-17)13(15)10-2-5-16-6-3-10;/h4-5,8-9,12,14H,3,6-7,10-11,13H2,1-2H3;2-3,5-6,9,15,18H,4,7-8,14H2,1H3;1H/t14-;;/m1../s1. The van der Waals surface area contributed by atoms with E-state index in [0.717, 1.165) is 35.8 Å². The molecule has 4 heterocycles. The number of nitrogens with zero attached hydrogens (tertiary/aromatic N) is 4. The minimum Gasteiger partial charge on any atom is -0.402 e. The second-order valence-electron chi connectivity index (χ2n) is 10.4. The number of nitrogens with one attached hydrogen (secondary N) is 1. The van der Waals surface area contributed by atoms with Crippen LogP contribution < -0.4 is 5.73 Å². The van der Waals surface area contributed by atoms with Crippen LogP contribution in [0.1, 0.15) is 52.1 Å². The van der Waals surface area contributed by atoms with E-state index in [0.29, 0.717) is 18.7 Å². The van der Waals surface area contributed by atoms with E-state index in [-0.39, 0.29) is 1.43 Å². The third-order valence-corrected chi connectivity index (χ3v) is 7.77. The fraction of sp³-hybridized carbons (Fsp3) is 0.467. The number of aliphatic hydroxyl groups excluding tert-OH is 1. The molecule has 1 fully saturated rings. The number of aliphatic hydroxyl groups is 1. The summed E-state index contributed by atoms with van der Waals surface area (Å²) in [5.74, 6) is 0.906. The Morgan fingerprint density at radius 3 is 2.70 bits per heavy atom. The number of pyridine rings is 1. The number of hydrogen-bond acceptors (Lipinski definition) is 6. The summed E-state index contributed by atoms with van der Waals surface area (Å²) in [7, 11) is 2.15. The van der Waals surface area contributed by atoms with Crippen molar-refractivity contribution >= 4 is 16.6 Å². The van der Waals surface area contributed by atoms with E-state index in [1.807, 2.05) is 4.90 Å². The number of piperidine rings is 1. The Morgan fingerprint density at radius 1 is 1.22 bits per heavy atom. The molecule has 1 unspecified atom stereocenters. The lowest BCUT2D eigenvalue weighted by Gasteiger charge is -2.32. The lowest BCUT2D eigenvalue weighted by molar-refractivity contribution is 0.0235. The predicted molar refractivity (Wildman–Crippen MR) is 153 cm³/mol. The molecular formula is C30H44N6O. The molecule has 2 aliphatic rings. The van der Waals surface area contributed by atoms with Gasteiger partial charge < -0.3 is 15.4 Å². The Bertz CT molecular complexity index is 1220. The van der Waals surface area contributed by atoms with E-state index in [4.69, 9.17) is 11.1 Å². The number of fused-ring (bicyclic) bond motifs is 1. The summed E-state index contributed by atoms with van der Waals surface area (Å²) in [5, 5.41) is 19.2. The zero-order valence-electron chi connectivity index (χ0n) is 22.5. The highest BCUT2D eigenvalue weighted by molar-refractivity contribution is 6.11. The maximum atomic E-state index is 9.62. The molecule has 0 radical (unpaired) electrons. The molecule has 200 valence electrons. The molecular weight excluding hydrogens is 460 g/mol. The summed E-state index contributed by atoms with van der Waals surface area (Å²) in [6.07, 6.45) is 9.91. The van der Waals surface area contributed by atoms with Crippen molar-refractivity contribution in [1.29, 1.82) is 5.41 Å². The SMILES string of the molecule is CC(O)N1CCC(N)=C(C(=N)c2ccncc2)C1.CC[C@@H]1CCCN(Cc2cn(C)c3ccccc23)C1.[HH]. The van der Waals surface area contributed by atoms with Gasteiger partial charge in [-0.1, -0.05) is 31.5 Å². The predicted octanol–water partition coefficient (Wildman–Crippen LogP) is 4.75. The molecule has 0 saturated carbocycles. The summed E-state index contributed by atoms with van der Waals surface area (Å²) in [6.45, 7) is 8.96. The van der Waals surface area contributed by atoms with Crippen molar-refractivity contribution in [2.24, 2.45) is 18.7 Å². The monoisotopic (exact) mass is 504 g/mol. The van der Waals surface area contributed by atoms with Crippen molar-refractivity contribution in [3.63, 3.8) is 0 Å². The van der Waals surface area contributed by atoms with Gasteiger partial charge in [0.2, 0.25) is 0 Å². The van der Waals surface area contributed by atoms with Gasteiger partial charge in [-0.15, -0.1) is 0 Å². The Balaban J connectivity index is 0.000000206.